The summed E-state index contributed by atoms with van der Waals surface area (Å²) in [6, 6.07) is 6.16. The lowest BCUT2D eigenvalue weighted by atomic mass is 9.88. The Morgan fingerprint density at radius 1 is 1.25 bits per heavy atom. The predicted molar refractivity (Wildman–Crippen MR) is 79.5 cm³/mol. The summed E-state index contributed by atoms with van der Waals surface area (Å²) in [4.78, 5) is 11.8. The number of amides is 1. The lowest BCUT2D eigenvalue weighted by molar-refractivity contribution is -0.121. The lowest BCUT2D eigenvalue weighted by Gasteiger charge is -2.19. The highest BCUT2D eigenvalue weighted by molar-refractivity contribution is 5.75. The van der Waals surface area contributed by atoms with Gasteiger partial charge in [0.15, 0.2) is 0 Å². The molecule has 0 aliphatic heterocycles. The smallest absolute Gasteiger partial charge is 0.220 e. The molecule has 1 aromatic rings. The van der Waals surface area contributed by atoms with E-state index in [1.54, 1.807) is 12.1 Å². The number of halogens is 1. The molecule has 3 nitrogen and oxygen atoms in total. The third-order valence-corrected chi connectivity index (χ3v) is 3.63. The van der Waals surface area contributed by atoms with E-state index < -0.39 is 0 Å². The zero-order chi connectivity index (χ0) is 15.0. The Morgan fingerprint density at radius 2 is 1.90 bits per heavy atom. The Morgan fingerprint density at radius 3 is 2.45 bits per heavy atom. The van der Waals surface area contributed by atoms with Gasteiger partial charge in [-0.05, 0) is 48.9 Å². The highest BCUT2D eigenvalue weighted by Gasteiger charge is 2.14. The largest absolute Gasteiger partial charge is 0.352 e. The SMILES string of the molecule is CC(C)C(CCN)CCC(=O)NCc1ccc(F)cc1. The third-order valence-electron chi connectivity index (χ3n) is 3.63. The molecule has 0 heterocycles. The molecule has 1 atom stereocenters. The van der Waals surface area contributed by atoms with Gasteiger partial charge in [0, 0.05) is 13.0 Å². The normalized spacial score (nSPS) is 12.4. The number of nitrogens with two attached hydrogens (primary N) is 1. The standard InChI is InChI=1S/C16H25FN2O/c1-12(2)14(9-10-18)5-8-16(20)19-11-13-3-6-15(17)7-4-13/h3-4,6-7,12,14H,5,8-11,18H2,1-2H3,(H,19,20). The number of benzene rings is 1. The number of hydrogen-bond donors (Lipinski definition) is 2. The van der Waals surface area contributed by atoms with Crippen molar-refractivity contribution < 1.29 is 9.18 Å². The van der Waals surface area contributed by atoms with Gasteiger partial charge in [0.1, 0.15) is 5.82 Å². The summed E-state index contributed by atoms with van der Waals surface area (Å²) in [6.07, 6.45) is 2.34. The Hall–Kier alpha value is -1.42. The molecule has 0 aliphatic rings. The molecule has 0 saturated carbocycles. The van der Waals surface area contributed by atoms with Gasteiger partial charge < -0.3 is 11.1 Å². The van der Waals surface area contributed by atoms with Gasteiger partial charge in [-0.1, -0.05) is 26.0 Å². The minimum Gasteiger partial charge on any atom is -0.352 e. The van der Waals surface area contributed by atoms with Crippen LogP contribution in [0.15, 0.2) is 24.3 Å². The molecule has 0 saturated heterocycles. The van der Waals surface area contributed by atoms with Crippen molar-refractivity contribution in [2.24, 2.45) is 17.6 Å². The van der Waals surface area contributed by atoms with Crippen LogP contribution in [0.1, 0.15) is 38.7 Å². The van der Waals surface area contributed by atoms with Crippen LogP contribution in [0.5, 0.6) is 0 Å². The average Bonchev–Trinajstić information content (AvgIpc) is 2.42. The number of carbonyl (C=O) groups excluding carboxylic acids is 1. The number of rotatable bonds is 8. The van der Waals surface area contributed by atoms with Gasteiger partial charge in [-0.25, -0.2) is 4.39 Å². The number of hydrogen-bond acceptors (Lipinski definition) is 2. The quantitative estimate of drug-likeness (QED) is 0.769. The Labute approximate surface area is 120 Å². The van der Waals surface area contributed by atoms with Crippen LogP contribution in [-0.4, -0.2) is 12.5 Å². The van der Waals surface area contributed by atoms with Crippen LogP contribution in [0.25, 0.3) is 0 Å². The fraction of sp³-hybridized carbons (Fsp3) is 0.562. The van der Waals surface area contributed by atoms with Crippen LogP contribution in [-0.2, 0) is 11.3 Å². The highest BCUT2D eigenvalue weighted by atomic mass is 19.1. The van der Waals surface area contributed by atoms with Crippen molar-refractivity contribution in [2.75, 3.05) is 6.54 Å². The fourth-order valence-corrected chi connectivity index (χ4v) is 2.23. The van der Waals surface area contributed by atoms with Crippen molar-refractivity contribution in [3.05, 3.63) is 35.6 Å². The maximum Gasteiger partial charge on any atom is 0.220 e. The van der Waals surface area contributed by atoms with E-state index in [2.05, 4.69) is 19.2 Å². The number of nitrogens with one attached hydrogen (secondary N) is 1. The Balaban J connectivity index is 2.31. The minimum absolute atomic E-state index is 0.0389. The molecule has 1 rings (SSSR count). The van der Waals surface area contributed by atoms with Gasteiger partial charge in [-0.3, -0.25) is 4.79 Å². The maximum absolute atomic E-state index is 12.7. The summed E-state index contributed by atoms with van der Waals surface area (Å²) < 4.78 is 12.7. The molecule has 0 spiro atoms. The second kappa shape index (κ2) is 8.69. The maximum atomic E-state index is 12.7. The van der Waals surface area contributed by atoms with Crippen LogP contribution in [0.2, 0.25) is 0 Å². The van der Waals surface area contributed by atoms with Crippen molar-refractivity contribution in [2.45, 2.75) is 39.7 Å². The van der Waals surface area contributed by atoms with Crippen LogP contribution in [0.3, 0.4) is 0 Å². The molecule has 112 valence electrons. The molecular formula is C16H25FN2O. The molecule has 0 bridgehead atoms. The number of carbonyl (C=O) groups is 1. The van der Waals surface area contributed by atoms with E-state index in [0.717, 1.165) is 18.4 Å². The molecule has 0 fully saturated rings. The van der Waals surface area contributed by atoms with E-state index in [0.29, 0.717) is 31.3 Å². The summed E-state index contributed by atoms with van der Waals surface area (Å²) in [5.41, 5.74) is 6.49. The van der Waals surface area contributed by atoms with E-state index in [4.69, 9.17) is 5.73 Å². The second-order valence-corrected chi connectivity index (χ2v) is 5.52. The molecular weight excluding hydrogens is 255 g/mol. The first-order valence-corrected chi connectivity index (χ1v) is 7.24. The Bertz CT molecular complexity index is 403. The lowest BCUT2D eigenvalue weighted by Crippen LogP contribution is -2.24. The van der Waals surface area contributed by atoms with Crippen LogP contribution in [0.4, 0.5) is 4.39 Å². The average molecular weight is 280 g/mol. The zero-order valence-electron chi connectivity index (χ0n) is 12.4. The topological polar surface area (TPSA) is 55.1 Å². The van der Waals surface area contributed by atoms with Gasteiger partial charge in [-0.15, -0.1) is 0 Å². The van der Waals surface area contributed by atoms with Gasteiger partial charge in [0.2, 0.25) is 5.91 Å². The van der Waals surface area contributed by atoms with Gasteiger partial charge in [0.05, 0.1) is 0 Å². The Kier molecular flexibility index (Phi) is 7.23. The van der Waals surface area contributed by atoms with E-state index in [1.807, 2.05) is 0 Å². The van der Waals surface area contributed by atoms with Crippen LogP contribution < -0.4 is 11.1 Å². The van der Waals surface area contributed by atoms with Gasteiger partial charge in [-0.2, -0.15) is 0 Å². The molecule has 0 radical (unpaired) electrons. The minimum atomic E-state index is -0.262. The molecule has 3 N–H and O–H groups in total. The first-order valence-electron chi connectivity index (χ1n) is 7.24. The molecule has 1 unspecified atom stereocenters. The second-order valence-electron chi connectivity index (χ2n) is 5.52. The summed E-state index contributed by atoms with van der Waals surface area (Å²) >= 11 is 0. The summed E-state index contributed by atoms with van der Waals surface area (Å²) in [7, 11) is 0. The molecule has 20 heavy (non-hydrogen) atoms. The third kappa shape index (κ3) is 6.15. The van der Waals surface area contributed by atoms with Crippen LogP contribution >= 0.6 is 0 Å². The molecule has 1 amide bonds. The molecule has 0 aromatic heterocycles. The predicted octanol–water partition coefficient (Wildman–Crippen LogP) is 2.84. The van der Waals surface area contributed by atoms with Crippen LogP contribution in [0, 0.1) is 17.7 Å². The van der Waals surface area contributed by atoms with Gasteiger partial charge >= 0.3 is 0 Å². The zero-order valence-corrected chi connectivity index (χ0v) is 12.4. The summed E-state index contributed by atoms with van der Waals surface area (Å²) in [5, 5.41) is 2.86. The van der Waals surface area contributed by atoms with E-state index in [9.17, 15) is 9.18 Å². The first kappa shape index (κ1) is 16.6. The molecule has 1 aromatic carbocycles. The van der Waals surface area contributed by atoms with Crippen molar-refractivity contribution in [3.8, 4) is 0 Å². The summed E-state index contributed by atoms with van der Waals surface area (Å²) in [5.74, 6) is 0.818. The highest BCUT2D eigenvalue weighted by Crippen LogP contribution is 2.20. The summed E-state index contributed by atoms with van der Waals surface area (Å²) in [6.45, 7) is 5.44. The molecule has 0 aliphatic carbocycles. The van der Waals surface area contributed by atoms with E-state index in [-0.39, 0.29) is 11.7 Å². The molecule has 4 heteroatoms. The monoisotopic (exact) mass is 280 g/mol. The van der Waals surface area contributed by atoms with E-state index in [1.165, 1.54) is 12.1 Å². The first-order chi connectivity index (χ1) is 9.52. The van der Waals surface area contributed by atoms with Gasteiger partial charge in [0.25, 0.3) is 0 Å². The van der Waals surface area contributed by atoms with E-state index >= 15 is 0 Å². The van der Waals surface area contributed by atoms with Crippen molar-refractivity contribution in [1.82, 2.24) is 5.32 Å². The van der Waals surface area contributed by atoms with Crippen molar-refractivity contribution in [3.63, 3.8) is 0 Å². The van der Waals surface area contributed by atoms with Crippen molar-refractivity contribution >= 4 is 5.91 Å². The fourth-order valence-electron chi connectivity index (χ4n) is 2.23. The van der Waals surface area contributed by atoms with Crippen molar-refractivity contribution in [1.29, 1.82) is 0 Å².